The molecule has 1 N–H and O–H groups in total. The molecule has 1 aliphatic heterocycles. The van der Waals surface area contributed by atoms with Crippen molar-refractivity contribution < 1.29 is 9.31 Å². The Balaban J connectivity index is 1.76. The SMILES string of the molecule is CC1(C)OB(c2cccc3c2[nH]c2c4ccccc4ccc32)OC1(C)C. The second-order valence-corrected chi connectivity index (χ2v) is 8.19. The maximum atomic E-state index is 6.30. The molecular formula is C22H22BNO2. The number of nitrogens with one attached hydrogen (secondary N) is 1. The van der Waals surface area contributed by atoms with Gasteiger partial charge in [-0.2, -0.15) is 0 Å². The largest absolute Gasteiger partial charge is 0.497 e. The van der Waals surface area contributed by atoms with Crippen molar-refractivity contribution in [2.24, 2.45) is 0 Å². The molecule has 3 aromatic carbocycles. The number of aromatic nitrogens is 1. The van der Waals surface area contributed by atoms with Crippen molar-refractivity contribution in [1.82, 2.24) is 4.98 Å². The van der Waals surface area contributed by atoms with Gasteiger partial charge in [-0.1, -0.05) is 54.6 Å². The van der Waals surface area contributed by atoms with Crippen LogP contribution in [0, 0.1) is 0 Å². The summed E-state index contributed by atoms with van der Waals surface area (Å²) >= 11 is 0. The van der Waals surface area contributed by atoms with Gasteiger partial charge in [0.1, 0.15) is 0 Å². The Labute approximate surface area is 153 Å². The predicted octanol–water partition coefficient (Wildman–Crippen LogP) is 4.77. The highest BCUT2D eigenvalue weighted by Crippen LogP contribution is 2.38. The standard InChI is InChI=1S/C22H22BNO2/c1-21(2)22(3,4)26-23(25-21)18-11-7-10-16-17-13-12-14-8-5-6-9-15(14)19(17)24-20(16)18/h5-13,24H,1-4H3. The highest BCUT2D eigenvalue weighted by Gasteiger charge is 2.52. The van der Waals surface area contributed by atoms with Crippen LogP contribution < -0.4 is 5.46 Å². The summed E-state index contributed by atoms with van der Waals surface area (Å²) < 4.78 is 12.6. The molecule has 26 heavy (non-hydrogen) atoms. The maximum Gasteiger partial charge on any atom is 0.497 e. The zero-order valence-corrected chi connectivity index (χ0v) is 15.6. The zero-order valence-electron chi connectivity index (χ0n) is 15.6. The average Bonchev–Trinajstić information content (AvgIpc) is 3.09. The smallest absolute Gasteiger partial charge is 0.399 e. The Kier molecular flexibility index (Phi) is 3.14. The third-order valence-corrected chi connectivity index (χ3v) is 6.07. The lowest BCUT2D eigenvalue weighted by atomic mass is 9.78. The van der Waals surface area contributed by atoms with Crippen LogP contribution in [0.4, 0.5) is 0 Å². The van der Waals surface area contributed by atoms with E-state index < -0.39 is 0 Å². The quantitative estimate of drug-likeness (QED) is 0.505. The minimum absolute atomic E-state index is 0.349. The molecule has 3 nitrogen and oxygen atoms in total. The predicted molar refractivity (Wildman–Crippen MR) is 109 cm³/mol. The lowest BCUT2D eigenvalue weighted by Gasteiger charge is -2.32. The molecule has 1 fully saturated rings. The second kappa shape index (κ2) is 5.12. The number of H-pyrrole nitrogens is 1. The maximum absolute atomic E-state index is 6.30. The summed E-state index contributed by atoms with van der Waals surface area (Å²) in [6, 6.07) is 19.2. The third-order valence-electron chi connectivity index (χ3n) is 6.07. The first-order chi connectivity index (χ1) is 12.4. The van der Waals surface area contributed by atoms with E-state index in [1.807, 2.05) is 0 Å². The fourth-order valence-electron chi connectivity index (χ4n) is 3.86. The number of fused-ring (bicyclic) bond motifs is 5. The summed E-state index contributed by atoms with van der Waals surface area (Å²) in [5, 5.41) is 4.92. The molecule has 0 aliphatic carbocycles. The van der Waals surface area contributed by atoms with E-state index in [9.17, 15) is 0 Å². The molecule has 1 aliphatic rings. The van der Waals surface area contributed by atoms with Gasteiger partial charge in [-0.15, -0.1) is 0 Å². The van der Waals surface area contributed by atoms with Crippen LogP contribution in [0.25, 0.3) is 32.6 Å². The molecule has 1 saturated heterocycles. The van der Waals surface area contributed by atoms with Crippen molar-refractivity contribution >= 4 is 45.2 Å². The first-order valence-electron chi connectivity index (χ1n) is 9.15. The second-order valence-electron chi connectivity index (χ2n) is 8.19. The van der Waals surface area contributed by atoms with Crippen molar-refractivity contribution in [1.29, 1.82) is 0 Å². The van der Waals surface area contributed by atoms with Crippen LogP contribution in [0.15, 0.2) is 54.6 Å². The summed E-state index contributed by atoms with van der Waals surface area (Å²) in [6.07, 6.45) is 0. The van der Waals surface area contributed by atoms with Crippen LogP contribution >= 0.6 is 0 Å². The Morgan fingerprint density at radius 3 is 2.12 bits per heavy atom. The van der Waals surface area contributed by atoms with E-state index in [1.165, 1.54) is 27.1 Å². The molecule has 0 spiro atoms. The first kappa shape index (κ1) is 15.9. The van der Waals surface area contributed by atoms with Gasteiger partial charge >= 0.3 is 7.12 Å². The molecule has 0 saturated carbocycles. The number of hydrogen-bond donors (Lipinski definition) is 1. The fourth-order valence-corrected chi connectivity index (χ4v) is 3.86. The number of benzene rings is 3. The van der Waals surface area contributed by atoms with E-state index in [-0.39, 0.29) is 18.3 Å². The topological polar surface area (TPSA) is 34.2 Å². The van der Waals surface area contributed by atoms with Crippen LogP contribution in [0.1, 0.15) is 27.7 Å². The van der Waals surface area contributed by atoms with Gasteiger partial charge in [0.15, 0.2) is 0 Å². The minimum atomic E-state index is -0.372. The zero-order chi connectivity index (χ0) is 18.1. The van der Waals surface area contributed by atoms with Crippen LogP contribution in [0.5, 0.6) is 0 Å². The molecule has 5 rings (SSSR count). The number of hydrogen-bond acceptors (Lipinski definition) is 2. The summed E-state index contributed by atoms with van der Waals surface area (Å²) in [5.74, 6) is 0. The van der Waals surface area contributed by atoms with Crippen LogP contribution in [0.3, 0.4) is 0 Å². The van der Waals surface area contributed by atoms with Gasteiger partial charge in [0, 0.05) is 27.1 Å². The van der Waals surface area contributed by atoms with Crippen molar-refractivity contribution in [3.05, 3.63) is 54.6 Å². The van der Waals surface area contributed by atoms with Crippen LogP contribution in [-0.2, 0) is 9.31 Å². The van der Waals surface area contributed by atoms with Crippen LogP contribution in [-0.4, -0.2) is 23.3 Å². The van der Waals surface area contributed by atoms with E-state index >= 15 is 0 Å². The van der Waals surface area contributed by atoms with E-state index in [2.05, 4.69) is 87.3 Å². The highest BCUT2D eigenvalue weighted by atomic mass is 16.7. The Morgan fingerprint density at radius 1 is 0.692 bits per heavy atom. The molecular weight excluding hydrogens is 321 g/mol. The van der Waals surface area contributed by atoms with Gasteiger partial charge < -0.3 is 14.3 Å². The Morgan fingerprint density at radius 2 is 1.35 bits per heavy atom. The molecule has 0 amide bonds. The molecule has 4 aromatic rings. The van der Waals surface area contributed by atoms with E-state index in [0.717, 1.165) is 11.0 Å². The van der Waals surface area contributed by atoms with Gasteiger partial charge in [0.25, 0.3) is 0 Å². The van der Waals surface area contributed by atoms with Crippen molar-refractivity contribution in [3.8, 4) is 0 Å². The minimum Gasteiger partial charge on any atom is -0.399 e. The Hall–Kier alpha value is -2.30. The van der Waals surface area contributed by atoms with Crippen LogP contribution in [0.2, 0.25) is 0 Å². The number of rotatable bonds is 1. The van der Waals surface area contributed by atoms with E-state index in [1.54, 1.807) is 0 Å². The van der Waals surface area contributed by atoms with Crippen molar-refractivity contribution in [2.45, 2.75) is 38.9 Å². The number of aromatic amines is 1. The lowest BCUT2D eigenvalue weighted by molar-refractivity contribution is 0.00578. The normalized spacial score (nSPS) is 19.0. The van der Waals surface area contributed by atoms with Crippen molar-refractivity contribution in [2.75, 3.05) is 0 Å². The molecule has 2 heterocycles. The van der Waals surface area contributed by atoms with Gasteiger partial charge in [0.05, 0.1) is 16.7 Å². The Bertz CT molecular complexity index is 1140. The lowest BCUT2D eigenvalue weighted by Crippen LogP contribution is -2.41. The van der Waals surface area contributed by atoms with Gasteiger partial charge in [0.2, 0.25) is 0 Å². The van der Waals surface area contributed by atoms with E-state index in [0.29, 0.717) is 0 Å². The monoisotopic (exact) mass is 343 g/mol. The molecule has 1 aromatic heterocycles. The molecule has 0 radical (unpaired) electrons. The summed E-state index contributed by atoms with van der Waals surface area (Å²) in [7, 11) is -0.372. The van der Waals surface area contributed by atoms with Gasteiger partial charge in [-0.3, -0.25) is 0 Å². The van der Waals surface area contributed by atoms with Crippen molar-refractivity contribution in [3.63, 3.8) is 0 Å². The fraction of sp³-hybridized carbons (Fsp3) is 0.273. The van der Waals surface area contributed by atoms with E-state index in [4.69, 9.17) is 9.31 Å². The number of para-hydroxylation sites is 1. The molecule has 130 valence electrons. The molecule has 0 atom stereocenters. The molecule has 4 heteroatoms. The third kappa shape index (κ3) is 2.09. The summed E-state index contributed by atoms with van der Waals surface area (Å²) in [4.78, 5) is 3.66. The summed E-state index contributed by atoms with van der Waals surface area (Å²) in [5.41, 5.74) is 2.62. The van der Waals surface area contributed by atoms with Gasteiger partial charge in [-0.25, -0.2) is 0 Å². The first-order valence-corrected chi connectivity index (χ1v) is 9.15. The average molecular weight is 343 g/mol. The van der Waals surface area contributed by atoms with Gasteiger partial charge in [-0.05, 0) is 33.1 Å². The molecule has 0 bridgehead atoms. The molecule has 0 unspecified atom stereocenters. The summed E-state index contributed by atoms with van der Waals surface area (Å²) in [6.45, 7) is 8.36. The highest BCUT2D eigenvalue weighted by molar-refractivity contribution is 6.65.